The molecule has 3 heteroatoms. The molecule has 0 atom stereocenters. The van der Waals surface area contributed by atoms with Crippen LogP contribution >= 0.6 is 15.9 Å². The maximum atomic E-state index is 13.2. The summed E-state index contributed by atoms with van der Waals surface area (Å²) in [5.74, 6) is 0.716. The van der Waals surface area contributed by atoms with Crippen molar-refractivity contribution in [3.63, 3.8) is 0 Å². The van der Waals surface area contributed by atoms with Gasteiger partial charge in [0, 0.05) is 4.47 Å². The molecule has 0 amide bonds. The van der Waals surface area contributed by atoms with Crippen LogP contribution < -0.4 is 4.74 Å². The second-order valence-electron chi connectivity index (χ2n) is 3.33. The zero-order valence-corrected chi connectivity index (χ0v) is 8.68. The van der Waals surface area contributed by atoms with E-state index in [9.17, 15) is 4.39 Å². The molecular weight excluding hydrogens is 235 g/mol. The van der Waals surface area contributed by atoms with Crippen molar-refractivity contribution in [2.75, 3.05) is 6.61 Å². The monoisotopic (exact) mass is 244 g/mol. The predicted molar refractivity (Wildman–Crippen MR) is 52.3 cm³/mol. The zero-order chi connectivity index (χ0) is 9.26. The highest BCUT2D eigenvalue weighted by Crippen LogP contribution is 2.30. The average molecular weight is 245 g/mol. The number of halogens is 2. The molecule has 1 aliphatic rings. The molecule has 1 fully saturated rings. The predicted octanol–water partition coefficient (Wildman–Crippen LogP) is 3.38. The van der Waals surface area contributed by atoms with Crippen LogP contribution in [0.15, 0.2) is 22.7 Å². The van der Waals surface area contributed by atoms with Gasteiger partial charge in [-0.2, -0.15) is 0 Å². The Morgan fingerprint density at radius 1 is 1.46 bits per heavy atom. The second-order valence-corrected chi connectivity index (χ2v) is 4.24. The van der Waals surface area contributed by atoms with Crippen LogP contribution in [0.25, 0.3) is 0 Å². The van der Waals surface area contributed by atoms with Gasteiger partial charge in [-0.25, -0.2) is 4.39 Å². The van der Waals surface area contributed by atoms with Crippen LogP contribution in [0.1, 0.15) is 12.8 Å². The first-order chi connectivity index (χ1) is 6.25. The van der Waals surface area contributed by atoms with E-state index in [1.165, 1.54) is 18.9 Å². The van der Waals surface area contributed by atoms with E-state index in [4.69, 9.17) is 4.74 Å². The van der Waals surface area contributed by atoms with Gasteiger partial charge in [0.05, 0.1) is 6.61 Å². The Hall–Kier alpha value is -0.570. The minimum absolute atomic E-state index is 0.296. The van der Waals surface area contributed by atoms with Crippen LogP contribution in [0.3, 0.4) is 0 Å². The first kappa shape index (κ1) is 9.00. The van der Waals surface area contributed by atoms with Crippen molar-refractivity contribution in [2.45, 2.75) is 12.8 Å². The van der Waals surface area contributed by atoms with Gasteiger partial charge in [0.1, 0.15) is 0 Å². The Labute approximate surface area is 85.0 Å². The van der Waals surface area contributed by atoms with E-state index in [0.717, 1.165) is 4.47 Å². The van der Waals surface area contributed by atoms with Gasteiger partial charge in [0.25, 0.3) is 0 Å². The highest BCUT2D eigenvalue weighted by atomic mass is 79.9. The minimum Gasteiger partial charge on any atom is -0.490 e. The molecule has 0 aromatic heterocycles. The van der Waals surface area contributed by atoms with E-state index in [1.54, 1.807) is 12.1 Å². The Bertz CT molecular complexity index is 310. The summed E-state index contributed by atoms with van der Waals surface area (Å²) in [6, 6.07) is 4.86. The largest absolute Gasteiger partial charge is 0.490 e. The summed E-state index contributed by atoms with van der Waals surface area (Å²) in [7, 11) is 0. The van der Waals surface area contributed by atoms with Gasteiger partial charge in [0.15, 0.2) is 11.6 Å². The SMILES string of the molecule is Fc1cc(Br)ccc1OCC1CC1. The molecule has 70 valence electrons. The van der Waals surface area contributed by atoms with Crippen molar-refractivity contribution in [3.05, 3.63) is 28.5 Å². The van der Waals surface area contributed by atoms with E-state index in [0.29, 0.717) is 18.3 Å². The Morgan fingerprint density at radius 3 is 2.85 bits per heavy atom. The fourth-order valence-electron chi connectivity index (χ4n) is 1.08. The van der Waals surface area contributed by atoms with E-state index in [1.807, 2.05) is 0 Å². The molecule has 0 aliphatic heterocycles. The second kappa shape index (κ2) is 3.66. The van der Waals surface area contributed by atoms with Crippen LogP contribution in [0.2, 0.25) is 0 Å². The third kappa shape index (κ3) is 2.44. The Morgan fingerprint density at radius 2 is 2.23 bits per heavy atom. The van der Waals surface area contributed by atoms with Crippen LogP contribution in [-0.2, 0) is 0 Å². The lowest BCUT2D eigenvalue weighted by atomic mass is 10.3. The summed E-state index contributed by atoms with van der Waals surface area (Å²) < 4.78 is 19.2. The fraction of sp³-hybridized carbons (Fsp3) is 0.400. The van der Waals surface area contributed by atoms with Crippen LogP contribution in [0, 0.1) is 11.7 Å². The number of rotatable bonds is 3. The highest BCUT2D eigenvalue weighted by molar-refractivity contribution is 9.10. The lowest BCUT2D eigenvalue weighted by Crippen LogP contribution is -2.00. The topological polar surface area (TPSA) is 9.23 Å². The number of ether oxygens (including phenoxy) is 1. The summed E-state index contributed by atoms with van der Waals surface area (Å²) in [5.41, 5.74) is 0. The standard InChI is InChI=1S/C10H10BrFO/c11-8-3-4-10(9(12)5-8)13-6-7-1-2-7/h3-5,7H,1-2,6H2. The van der Waals surface area contributed by atoms with Crippen molar-refractivity contribution in [1.29, 1.82) is 0 Å². The van der Waals surface area contributed by atoms with Gasteiger partial charge < -0.3 is 4.74 Å². The molecule has 13 heavy (non-hydrogen) atoms. The molecule has 1 aromatic carbocycles. The number of hydrogen-bond acceptors (Lipinski definition) is 1. The first-order valence-corrected chi connectivity index (χ1v) is 5.13. The van der Waals surface area contributed by atoms with Gasteiger partial charge in [-0.15, -0.1) is 0 Å². The summed E-state index contributed by atoms with van der Waals surface area (Å²) in [6.45, 7) is 0.651. The van der Waals surface area contributed by atoms with E-state index in [2.05, 4.69) is 15.9 Å². The third-order valence-electron chi connectivity index (χ3n) is 2.07. The van der Waals surface area contributed by atoms with Crippen LogP contribution in [-0.4, -0.2) is 6.61 Å². The molecule has 0 bridgehead atoms. The molecule has 0 saturated heterocycles. The minimum atomic E-state index is -0.296. The van der Waals surface area contributed by atoms with E-state index >= 15 is 0 Å². The molecule has 0 unspecified atom stereocenters. The van der Waals surface area contributed by atoms with Gasteiger partial charge in [-0.05, 0) is 37.0 Å². The Balaban J connectivity index is 2.01. The van der Waals surface area contributed by atoms with Gasteiger partial charge in [-0.3, -0.25) is 0 Å². The summed E-state index contributed by atoms with van der Waals surface area (Å²) in [5, 5.41) is 0. The van der Waals surface area contributed by atoms with Crippen LogP contribution in [0.4, 0.5) is 4.39 Å². The molecule has 1 saturated carbocycles. The van der Waals surface area contributed by atoms with Crippen molar-refractivity contribution >= 4 is 15.9 Å². The molecule has 0 spiro atoms. The maximum Gasteiger partial charge on any atom is 0.166 e. The van der Waals surface area contributed by atoms with Crippen molar-refractivity contribution in [3.8, 4) is 5.75 Å². The van der Waals surface area contributed by atoms with Gasteiger partial charge in [-0.1, -0.05) is 15.9 Å². The third-order valence-corrected chi connectivity index (χ3v) is 2.56. The molecule has 0 radical (unpaired) electrons. The Kier molecular flexibility index (Phi) is 2.54. The normalized spacial score (nSPS) is 15.8. The van der Waals surface area contributed by atoms with E-state index < -0.39 is 0 Å². The van der Waals surface area contributed by atoms with Gasteiger partial charge >= 0.3 is 0 Å². The first-order valence-electron chi connectivity index (χ1n) is 4.33. The fourth-order valence-corrected chi connectivity index (χ4v) is 1.42. The molecule has 0 heterocycles. The molecular formula is C10H10BrFO. The average Bonchev–Trinajstić information content (AvgIpc) is 2.86. The van der Waals surface area contributed by atoms with Crippen molar-refractivity contribution in [2.24, 2.45) is 5.92 Å². The van der Waals surface area contributed by atoms with E-state index in [-0.39, 0.29) is 5.82 Å². The summed E-state index contributed by atoms with van der Waals surface area (Å²) in [6.07, 6.45) is 2.44. The summed E-state index contributed by atoms with van der Waals surface area (Å²) in [4.78, 5) is 0. The number of benzene rings is 1. The lowest BCUT2D eigenvalue weighted by Gasteiger charge is -2.05. The molecule has 2 rings (SSSR count). The molecule has 1 aromatic rings. The van der Waals surface area contributed by atoms with Crippen LogP contribution in [0.5, 0.6) is 5.75 Å². The number of hydrogen-bond donors (Lipinski definition) is 0. The van der Waals surface area contributed by atoms with Crippen molar-refractivity contribution < 1.29 is 9.13 Å². The lowest BCUT2D eigenvalue weighted by molar-refractivity contribution is 0.285. The van der Waals surface area contributed by atoms with Crippen molar-refractivity contribution in [1.82, 2.24) is 0 Å². The molecule has 1 aliphatic carbocycles. The molecule has 0 N–H and O–H groups in total. The molecule has 1 nitrogen and oxygen atoms in total. The smallest absolute Gasteiger partial charge is 0.166 e. The van der Waals surface area contributed by atoms with Gasteiger partial charge in [0.2, 0.25) is 0 Å². The highest BCUT2D eigenvalue weighted by Gasteiger charge is 2.22. The zero-order valence-electron chi connectivity index (χ0n) is 7.09. The quantitative estimate of drug-likeness (QED) is 0.793. The summed E-state index contributed by atoms with van der Waals surface area (Å²) >= 11 is 3.19. The maximum absolute atomic E-state index is 13.2.